The third kappa shape index (κ3) is 6.60. The summed E-state index contributed by atoms with van der Waals surface area (Å²) in [5, 5.41) is 0. The van der Waals surface area contributed by atoms with Crippen molar-refractivity contribution in [3.63, 3.8) is 0 Å². The van der Waals surface area contributed by atoms with E-state index >= 15 is 0 Å². The second kappa shape index (κ2) is 11.6. The van der Waals surface area contributed by atoms with E-state index in [1.165, 1.54) is 0 Å². The van der Waals surface area contributed by atoms with Crippen LogP contribution in [0.15, 0.2) is 78.9 Å². The predicted octanol–water partition coefficient (Wildman–Crippen LogP) is 4.47. The Kier molecular flexibility index (Phi) is 8.26. The van der Waals surface area contributed by atoms with Crippen molar-refractivity contribution in [3.8, 4) is 22.6 Å². The van der Waals surface area contributed by atoms with Gasteiger partial charge in [0.25, 0.3) is 11.8 Å². The molecule has 3 aromatic rings. The molecule has 0 spiro atoms. The van der Waals surface area contributed by atoms with Gasteiger partial charge in [0, 0.05) is 0 Å². The molecule has 0 heterocycles. The average molecular weight is 433 g/mol. The molecule has 0 aromatic heterocycles. The lowest BCUT2D eigenvalue weighted by molar-refractivity contribution is -0.131. The lowest BCUT2D eigenvalue weighted by atomic mass is 9.98. The molecule has 0 aliphatic carbocycles. The summed E-state index contributed by atoms with van der Waals surface area (Å²) in [7, 11) is 0. The topological polar surface area (TPSA) is 76.7 Å². The van der Waals surface area contributed by atoms with Gasteiger partial charge in [0.05, 0.1) is 0 Å². The van der Waals surface area contributed by atoms with Crippen molar-refractivity contribution in [1.82, 2.24) is 10.9 Å². The van der Waals surface area contributed by atoms with Gasteiger partial charge in [-0.25, -0.2) is 0 Å². The van der Waals surface area contributed by atoms with Crippen LogP contribution in [0, 0.1) is 0 Å². The molecule has 1 unspecified atom stereocenters. The lowest BCUT2D eigenvalue weighted by Crippen LogP contribution is -2.45. The summed E-state index contributed by atoms with van der Waals surface area (Å²) in [4.78, 5) is 24.0. The zero-order chi connectivity index (χ0) is 22.8. The molecule has 6 nitrogen and oxygen atoms in total. The van der Waals surface area contributed by atoms with Crippen LogP contribution in [0.3, 0.4) is 0 Å². The van der Waals surface area contributed by atoms with Crippen LogP contribution in [0.4, 0.5) is 0 Å². The van der Waals surface area contributed by atoms with E-state index in [1.54, 1.807) is 12.1 Å². The zero-order valence-electron chi connectivity index (χ0n) is 18.3. The smallest absolute Gasteiger partial charge is 0.276 e. The van der Waals surface area contributed by atoms with E-state index in [9.17, 15) is 9.59 Å². The number of rotatable bonds is 9. The molecular formula is C26H28N2O4. The minimum atomic E-state index is -0.467. The largest absolute Gasteiger partial charge is 0.484 e. The molecule has 0 radical (unpaired) electrons. The van der Waals surface area contributed by atoms with Crippen molar-refractivity contribution in [2.45, 2.75) is 26.2 Å². The molecular weight excluding hydrogens is 404 g/mol. The van der Waals surface area contributed by atoms with Gasteiger partial charge in [0.2, 0.25) is 0 Å². The fourth-order valence-electron chi connectivity index (χ4n) is 3.12. The Morgan fingerprint density at radius 1 is 0.750 bits per heavy atom. The molecule has 0 bridgehead atoms. The summed E-state index contributed by atoms with van der Waals surface area (Å²) in [5.41, 5.74) is 7.89. The molecule has 2 amide bonds. The van der Waals surface area contributed by atoms with E-state index < -0.39 is 11.8 Å². The quantitative estimate of drug-likeness (QED) is 0.489. The fraction of sp³-hybridized carbons (Fsp3) is 0.231. The summed E-state index contributed by atoms with van der Waals surface area (Å²) in [6.45, 7) is 3.79. The molecule has 0 saturated carbocycles. The van der Waals surface area contributed by atoms with Crippen LogP contribution in [0.25, 0.3) is 11.1 Å². The highest BCUT2D eigenvalue weighted by atomic mass is 16.5. The van der Waals surface area contributed by atoms with Crippen LogP contribution >= 0.6 is 0 Å². The minimum Gasteiger partial charge on any atom is -0.484 e. The molecule has 3 rings (SSSR count). The number of para-hydroxylation sites is 1. The van der Waals surface area contributed by atoms with Gasteiger partial charge in [0.1, 0.15) is 11.5 Å². The Morgan fingerprint density at radius 3 is 1.97 bits per heavy atom. The van der Waals surface area contributed by atoms with Gasteiger partial charge < -0.3 is 9.47 Å². The van der Waals surface area contributed by atoms with Gasteiger partial charge in [-0.3, -0.25) is 20.4 Å². The van der Waals surface area contributed by atoms with Crippen LogP contribution in [0.2, 0.25) is 0 Å². The Morgan fingerprint density at radius 2 is 1.31 bits per heavy atom. The molecule has 166 valence electrons. The standard InChI is InChI=1S/C26H28N2O4/c1-3-19(2)23-11-7-8-12-24(23)32-18-26(30)28-27-25(29)17-31-22-15-13-21(14-16-22)20-9-5-4-6-10-20/h4-16,19H,3,17-18H2,1-2H3,(H,27,29)(H,28,30). The zero-order valence-corrected chi connectivity index (χ0v) is 18.3. The number of carbonyl (C=O) groups excluding carboxylic acids is 2. The van der Waals surface area contributed by atoms with Crippen molar-refractivity contribution in [1.29, 1.82) is 0 Å². The number of nitrogens with one attached hydrogen (secondary N) is 2. The van der Waals surface area contributed by atoms with Crippen LogP contribution in [-0.4, -0.2) is 25.0 Å². The van der Waals surface area contributed by atoms with Gasteiger partial charge in [-0.1, -0.05) is 74.5 Å². The Bertz CT molecular complexity index is 1020. The maximum Gasteiger partial charge on any atom is 0.276 e. The average Bonchev–Trinajstić information content (AvgIpc) is 2.85. The number of hydrazine groups is 1. The molecule has 3 aromatic carbocycles. The van der Waals surface area contributed by atoms with E-state index in [0.29, 0.717) is 17.4 Å². The summed E-state index contributed by atoms with van der Waals surface area (Å²) < 4.78 is 11.1. The van der Waals surface area contributed by atoms with Gasteiger partial charge in [0.15, 0.2) is 13.2 Å². The van der Waals surface area contributed by atoms with Gasteiger partial charge in [-0.05, 0) is 47.2 Å². The molecule has 0 aliphatic rings. The van der Waals surface area contributed by atoms with Crippen molar-refractivity contribution in [2.24, 2.45) is 0 Å². The van der Waals surface area contributed by atoms with Gasteiger partial charge in [-0.15, -0.1) is 0 Å². The van der Waals surface area contributed by atoms with Gasteiger partial charge in [-0.2, -0.15) is 0 Å². The Labute approximate surface area is 188 Å². The van der Waals surface area contributed by atoms with Crippen LogP contribution in [0.5, 0.6) is 11.5 Å². The number of carbonyl (C=O) groups is 2. The van der Waals surface area contributed by atoms with E-state index in [-0.39, 0.29) is 13.2 Å². The van der Waals surface area contributed by atoms with Crippen molar-refractivity contribution >= 4 is 11.8 Å². The summed E-state index contributed by atoms with van der Waals surface area (Å²) in [6.07, 6.45) is 0.970. The molecule has 1 atom stereocenters. The number of ether oxygens (including phenoxy) is 2. The van der Waals surface area contributed by atoms with Crippen LogP contribution < -0.4 is 20.3 Å². The summed E-state index contributed by atoms with van der Waals surface area (Å²) >= 11 is 0. The number of amides is 2. The molecule has 0 aliphatic heterocycles. The minimum absolute atomic E-state index is 0.199. The van der Waals surface area contributed by atoms with Crippen LogP contribution in [-0.2, 0) is 9.59 Å². The highest BCUT2D eigenvalue weighted by molar-refractivity contribution is 5.83. The summed E-state index contributed by atoms with van der Waals surface area (Å²) in [5.74, 6) is 0.643. The third-order valence-corrected chi connectivity index (χ3v) is 5.09. The first-order valence-corrected chi connectivity index (χ1v) is 10.6. The SMILES string of the molecule is CCC(C)c1ccccc1OCC(=O)NNC(=O)COc1ccc(-c2ccccc2)cc1. The fourth-order valence-corrected chi connectivity index (χ4v) is 3.12. The monoisotopic (exact) mass is 432 g/mol. The molecule has 0 saturated heterocycles. The number of hydrogen-bond acceptors (Lipinski definition) is 4. The van der Waals surface area contributed by atoms with Crippen molar-refractivity contribution in [3.05, 3.63) is 84.4 Å². The second-order valence-corrected chi connectivity index (χ2v) is 7.41. The van der Waals surface area contributed by atoms with Crippen molar-refractivity contribution < 1.29 is 19.1 Å². The highest BCUT2D eigenvalue weighted by Crippen LogP contribution is 2.28. The highest BCUT2D eigenvalue weighted by Gasteiger charge is 2.12. The third-order valence-electron chi connectivity index (χ3n) is 5.09. The first-order valence-electron chi connectivity index (χ1n) is 10.6. The molecule has 0 fully saturated rings. The lowest BCUT2D eigenvalue weighted by Gasteiger charge is -2.15. The normalized spacial score (nSPS) is 11.3. The molecule has 32 heavy (non-hydrogen) atoms. The second-order valence-electron chi connectivity index (χ2n) is 7.41. The predicted molar refractivity (Wildman–Crippen MR) is 124 cm³/mol. The molecule has 2 N–H and O–H groups in total. The van der Waals surface area contributed by atoms with E-state index in [0.717, 1.165) is 23.1 Å². The maximum atomic E-state index is 12.0. The molecule has 6 heteroatoms. The van der Waals surface area contributed by atoms with E-state index in [2.05, 4.69) is 24.7 Å². The van der Waals surface area contributed by atoms with Crippen LogP contribution in [0.1, 0.15) is 31.7 Å². The van der Waals surface area contributed by atoms with Gasteiger partial charge >= 0.3 is 0 Å². The summed E-state index contributed by atoms with van der Waals surface area (Å²) in [6, 6.07) is 25.1. The van der Waals surface area contributed by atoms with E-state index in [1.807, 2.05) is 66.7 Å². The number of benzene rings is 3. The maximum absolute atomic E-state index is 12.0. The Hall–Kier alpha value is -3.80. The number of hydrogen-bond donors (Lipinski definition) is 2. The van der Waals surface area contributed by atoms with E-state index in [4.69, 9.17) is 9.47 Å². The van der Waals surface area contributed by atoms with Crippen molar-refractivity contribution in [2.75, 3.05) is 13.2 Å². The first-order chi connectivity index (χ1) is 15.6. The Balaban J connectivity index is 1.40. The first kappa shape index (κ1) is 22.9.